The second-order valence-electron chi connectivity index (χ2n) is 5.22. The molecule has 0 bridgehead atoms. The molecule has 144 valence electrons. The van der Waals surface area contributed by atoms with Crippen molar-refractivity contribution in [2.45, 2.75) is 26.1 Å². The Morgan fingerprint density at radius 3 is 2.74 bits per heavy atom. The first-order valence-electron chi connectivity index (χ1n) is 7.58. The van der Waals surface area contributed by atoms with Gasteiger partial charge in [0.2, 0.25) is 5.75 Å². The van der Waals surface area contributed by atoms with Crippen LogP contribution in [0.15, 0.2) is 46.5 Å². The van der Waals surface area contributed by atoms with Crippen molar-refractivity contribution in [2.75, 3.05) is 0 Å². The molecule has 0 saturated heterocycles. The van der Waals surface area contributed by atoms with Gasteiger partial charge in [0, 0.05) is 5.56 Å². The minimum atomic E-state index is -4.91. The Bertz CT molecular complexity index is 996. The maximum atomic E-state index is 13.2. The maximum absolute atomic E-state index is 13.2. The highest BCUT2D eigenvalue weighted by atomic mass is 35.5. The van der Waals surface area contributed by atoms with Crippen LogP contribution in [0.25, 0.3) is 0 Å². The summed E-state index contributed by atoms with van der Waals surface area (Å²) in [6.07, 6.45) is -1.15. The summed E-state index contributed by atoms with van der Waals surface area (Å²) in [5, 5.41) is 5.53. The van der Waals surface area contributed by atoms with E-state index in [-0.39, 0.29) is 23.0 Å². The number of H-pyrrole nitrogens is 1. The van der Waals surface area contributed by atoms with E-state index in [4.69, 9.17) is 16.3 Å². The van der Waals surface area contributed by atoms with Gasteiger partial charge in [-0.05, 0) is 24.6 Å². The van der Waals surface area contributed by atoms with Gasteiger partial charge in [0.25, 0.3) is 11.1 Å². The van der Waals surface area contributed by atoms with E-state index in [1.807, 2.05) is 0 Å². The fourth-order valence-electron chi connectivity index (χ4n) is 2.08. The highest BCUT2D eigenvalue weighted by Gasteiger charge is 2.38. The molecule has 0 unspecified atom stereocenters. The van der Waals surface area contributed by atoms with Crippen LogP contribution >= 0.6 is 11.6 Å². The molecule has 11 heteroatoms. The number of halogens is 4. The van der Waals surface area contributed by atoms with Crippen molar-refractivity contribution < 1.29 is 17.9 Å². The second-order valence-corrected chi connectivity index (χ2v) is 5.61. The summed E-state index contributed by atoms with van der Waals surface area (Å²) in [6.45, 7) is 4.80. The van der Waals surface area contributed by atoms with Crippen LogP contribution in [0.1, 0.15) is 24.6 Å². The molecule has 0 spiro atoms. The minimum Gasteiger partial charge on any atom is -0.450 e. The van der Waals surface area contributed by atoms with E-state index in [0.717, 1.165) is 4.57 Å². The summed E-state index contributed by atoms with van der Waals surface area (Å²) < 4.78 is 45.6. The number of hydrogen-bond donors (Lipinski definition) is 1. The van der Waals surface area contributed by atoms with Crippen LogP contribution in [0.2, 0.25) is 5.15 Å². The predicted octanol–water partition coefficient (Wildman–Crippen LogP) is 2.91. The van der Waals surface area contributed by atoms with Gasteiger partial charge in [0.1, 0.15) is 10.9 Å². The molecule has 0 amide bonds. The van der Waals surface area contributed by atoms with E-state index in [0.29, 0.717) is 12.7 Å². The van der Waals surface area contributed by atoms with Crippen molar-refractivity contribution in [1.29, 1.82) is 0 Å². The molecule has 0 saturated carbocycles. The van der Waals surface area contributed by atoms with Crippen LogP contribution in [-0.4, -0.2) is 19.7 Å². The average molecular weight is 403 g/mol. The van der Waals surface area contributed by atoms with E-state index in [9.17, 15) is 22.8 Å². The molecule has 0 aliphatic rings. The molecule has 27 heavy (non-hydrogen) atoms. The molecule has 2 heterocycles. The van der Waals surface area contributed by atoms with Gasteiger partial charge in [-0.3, -0.25) is 14.2 Å². The summed E-state index contributed by atoms with van der Waals surface area (Å²) in [5.41, 5.74) is -3.23. The van der Waals surface area contributed by atoms with Crippen molar-refractivity contribution in [3.63, 3.8) is 0 Å². The number of nitrogens with one attached hydrogen (secondary N) is 1. The molecular formula is C16H14ClF3N4O3. The molecule has 0 aliphatic carbocycles. The lowest BCUT2D eigenvalue weighted by Gasteiger charge is -2.14. The summed E-state index contributed by atoms with van der Waals surface area (Å²) in [4.78, 5) is 27.6. The monoisotopic (exact) mass is 402 g/mol. The molecule has 2 rings (SSSR count). The van der Waals surface area contributed by atoms with Crippen molar-refractivity contribution >= 4 is 11.6 Å². The van der Waals surface area contributed by atoms with Crippen molar-refractivity contribution in [1.82, 2.24) is 19.7 Å². The van der Waals surface area contributed by atoms with Crippen LogP contribution < -0.4 is 15.9 Å². The zero-order chi connectivity index (χ0) is 20.2. The Morgan fingerprint density at radius 2 is 2.15 bits per heavy atom. The highest BCUT2D eigenvalue weighted by Crippen LogP contribution is 2.33. The third-order valence-corrected chi connectivity index (χ3v) is 3.47. The number of aromatic amines is 1. The van der Waals surface area contributed by atoms with Gasteiger partial charge in [0.15, 0.2) is 5.69 Å². The minimum absolute atomic E-state index is 0.0117. The summed E-state index contributed by atoms with van der Waals surface area (Å²) in [6, 6.07) is 1.19. The van der Waals surface area contributed by atoms with Gasteiger partial charge in [-0.2, -0.15) is 18.3 Å². The Balaban J connectivity index is 2.59. The van der Waals surface area contributed by atoms with Crippen LogP contribution in [0, 0.1) is 0 Å². The average Bonchev–Trinajstić information content (AvgIpc) is 2.59. The quantitative estimate of drug-likeness (QED) is 0.592. The van der Waals surface area contributed by atoms with E-state index >= 15 is 0 Å². The Labute approximate surface area is 155 Å². The van der Waals surface area contributed by atoms with E-state index in [1.165, 1.54) is 18.2 Å². The molecule has 1 N–H and O–H groups in total. The molecular weight excluding hydrogens is 389 g/mol. The van der Waals surface area contributed by atoms with Gasteiger partial charge >= 0.3 is 6.18 Å². The van der Waals surface area contributed by atoms with Crippen LogP contribution in [-0.2, 0) is 12.7 Å². The largest absolute Gasteiger partial charge is 0.450 e. The number of allylic oxidation sites excluding steroid dienone is 2. The molecule has 2 aromatic heterocycles. The lowest BCUT2D eigenvalue weighted by Crippen LogP contribution is -2.29. The standard InChI is InChI=1S/C16H14ClF3N4O3/c1-3-5-10(4-2)27-12-13(16(18,19)20)21-8-24(15(12)26)7-9-6-11(17)22-23-14(9)25/h4-6,8H,2-3,7H2,1H3,(H,23,25). The third kappa shape index (κ3) is 4.85. The topological polar surface area (TPSA) is 89.9 Å². The SMILES string of the molecule is C=CC(=CCC)Oc1c(C(F)(F)F)ncn(Cc2cc(Cl)n[nH]c2=O)c1=O. The molecule has 0 fully saturated rings. The normalized spacial score (nSPS) is 12.1. The number of aromatic nitrogens is 4. The number of rotatable bonds is 6. The van der Waals surface area contributed by atoms with Gasteiger partial charge in [0.05, 0.1) is 12.9 Å². The lowest BCUT2D eigenvalue weighted by atomic mass is 10.3. The predicted molar refractivity (Wildman–Crippen MR) is 91.7 cm³/mol. The summed E-state index contributed by atoms with van der Waals surface area (Å²) in [7, 11) is 0. The number of alkyl halides is 3. The maximum Gasteiger partial charge on any atom is 0.437 e. The first-order chi connectivity index (χ1) is 12.7. The molecule has 0 aromatic carbocycles. The third-order valence-electron chi connectivity index (χ3n) is 3.28. The smallest absolute Gasteiger partial charge is 0.437 e. The zero-order valence-corrected chi connectivity index (χ0v) is 14.8. The molecule has 0 atom stereocenters. The molecule has 0 radical (unpaired) electrons. The first kappa shape index (κ1) is 20.4. The van der Waals surface area contributed by atoms with Crippen molar-refractivity contribution in [3.05, 3.63) is 74.0 Å². The van der Waals surface area contributed by atoms with Gasteiger partial charge in [-0.1, -0.05) is 25.1 Å². The molecule has 7 nitrogen and oxygen atoms in total. The van der Waals surface area contributed by atoms with E-state index in [1.54, 1.807) is 6.92 Å². The Kier molecular flexibility index (Phi) is 6.21. The molecule has 2 aromatic rings. The highest BCUT2D eigenvalue weighted by molar-refractivity contribution is 6.29. The van der Waals surface area contributed by atoms with E-state index < -0.39 is 28.7 Å². The van der Waals surface area contributed by atoms with Gasteiger partial charge in [-0.15, -0.1) is 0 Å². The van der Waals surface area contributed by atoms with Gasteiger partial charge < -0.3 is 4.74 Å². The van der Waals surface area contributed by atoms with Crippen molar-refractivity contribution in [2.24, 2.45) is 0 Å². The first-order valence-corrected chi connectivity index (χ1v) is 7.96. The number of hydrogen-bond acceptors (Lipinski definition) is 5. The van der Waals surface area contributed by atoms with Gasteiger partial charge in [-0.25, -0.2) is 10.1 Å². The van der Waals surface area contributed by atoms with Crippen LogP contribution in [0.5, 0.6) is 5.75 Å². The molecule has 0 aliphatic heterocycles. The van der Waals surface area contributed by atoms with Crippen LogP contribution in [0.3, 0.4) is 0 Å². The Hall–Kier alpha value is -2.88. The van der Waals surface area contributed by atoms with Crippen LogP contribution in [0.4, 0.5) is 13.2 Å². The zero-order valence-electron chi connectivity index (χ0n) is 14.0. The fourth-order valence-corrected chi connectivity index (χ4v) is 2.25. The Morgan fingerprint density at radius 1 is 1.44 bits per heavy atom. The summed E-state index contributed by atoms with van der Waals surface area (Å²) >= 11 is 5.69. The number of ether oxygens (including phenoxy) is 1. The number of nitrogens with zero attached hydrogens (tertiary/aromatic N) is 3. The van der Waals surface area contributed by atoms with E-state index in [2.05, 4.69) is 21.8 Å². The second kappa shape index (κ2) is 8.21. The summed E-state index contributed by atoms with van der Waals surface area (Å²) in [5.74, 6) is -1.04. The lowest BCUT2D eigenvalue weighted by molar-refractivity contribution is -0.142. The fraction of sp³-hybridized carbons (Fsp3) is 0.250. The van der Waals surface area contributed by atoms with Crippen molar-refractivity contribution in [3.8, 4) is 5.75 Å².